The fourth-order valence-electron chi connectivity index (χ4n) is 2.17. The monoisotopic (exact) mass is 350 g/mol. The number of carbonyl (C=O) groups is 2. The van der Waals surface area contributed by atoms with Crippen molar-refractivity contribution >= 4 is 40.6 Å². The molecule has 6 heteroatoms. The third kappa shape index (κ3) is 4.24. The summed E-state index contributed by atoms with van der Waals surface area (Å²) in [6, 6.07) is 16.2. The Bertz CT molecular complexity index is 902. The van der Waals surface area contributed by atoms with Gasteiger partial charge in [-0.05, 0) is 35.5 Å². The molecule has 1 amide bonds. The third-order valence-electron chi connectivity index (χ3n) is 3.34. The van der Waals surface area contributed by atoms with E-state index >= 15 is 0 Å². The Kier molecular flexibility index (Phi) is 5.11. The molecule has 0 radical (unpaired) electrons. The van der Waals surface area contributed by atoms with E-state index < -0.39 is 5.97 Å². The van der Waals surface area contributed by atoms with Gasteiger partial charge in [-0.1, -0.05) is 54.6 Å². The van der Waals surface area contributed by atoms with Crippen molar-refractivity contribution in [3.63, 3.8) is 0 Å². The number of carboxylic acid groups (broad SMARTS) is 1. The average molecular weight is 350 g/mol. The summed E-state index contributed by atoms with van der Waals surface area (Å²) < 4.78 is 0. The average Bonchev–Trinajstić information content (AvgIpc) is 2.95. The van der Waals surface area contributed by atoms with Crippen LogP contribution in [-0.2, 0) is 4.79 Å². The summed E-state index contributed by atoms with van der Waals surface area (Å²) in [6.07, 6.45) is 5.40. The fraction of sp³-hybridized carbons (Fsp3) is 0. The molecule has 0 spiro atoms. The molecule has 1 aliphatic rings. The number of nitrogens with zero attached hydrogens (tertiary/aromatic N) is 1. The molecule has 0 aromatic heterocycles. The number of carboxylic acids is 1. The van der Waals surface area contributed by atoms with Crippen LogP contribution >= 0.6 is 11.8 Å². The molecule has 2 aromatic rings. The van der Waals surface area contributed by atoms with Gasteiger partial charge in [0, 0.05) is 0 Å². The second-order valence-electron chi connectivity index (χ2n) is 5.10. The van der Waals surface area contributed by atoms with Gasteiger partial charge in [0.05, 0.1) is 16.2 Å². The quantitative estimate of drug-likeness (QED) is 0.822. The number of benzene rings is 2. The summed E-state index contributed by atoms with van der Waals surface area (Å²) in [4.78, 5) is 28.0. The van der Waals surface area contributed by atoms with Crippen molar-refractivity contribution in [3.05, 3.63) is 82.8 Å². The van der Waals surface area contributed by atoms with Gasteiger partial charge in [0.2, 0.25) is 0 Å². The molecule has 3 rings (SSSR count). The van der Waals surface area contributed by atoms with Gasteiger partial charge < -0.3 is 10.4 Å². The lowest BCUT2D eigenvalue weighted by atomic mass is 10.2. The molecule has 2 aromatic carbocycles. The number of aliphatic imine (C=N–C) groups is 1. The maximum absolute atomic E-state index is 12.0. The molecule has 0 bridgehead atoms. The predicted octanol–water partition coefficient (Wildman–Crippen LogP) is 3.83. The minimum absolute atomic E-state index is 0.0891. The molecule has 1 heterocycles. The van der Waals surface area contributed by atoms with Crippen molar-refractivity contribution in [2.24, 2.45) is 4.99 Å². The molecule has 1 saturated heterocycles. The van der Waals surface area contributed by atoms with Gasteiger partial charge in [0.15, 0.2) is 5.17 Å². The summed E-state index contributed by atoms with van der Waals surface area (Å²) >= 11 is 1.18. The number of hydrogen-bond donors (Lipinski definition) is 2. The minimum Gasteiger partial charge on any atom is -0.478 e. The van der Waals surface area contributed by atoms with Gasteiger partial charge in [-0.25, -0.2) is 9.79 Å². The van der Waals surface area contributed by atoms with Gasteiger partial charge in [-0.2, -0.15) is 0 Å². The highest BCUT2D eigenvalue weighted by Gasteiger charge is 2.23. The number of rotatable bonds is 4. The van der Waals surface area contributed by atoms with Crippen molar-refractivity contribution < 1.29 is 14.7 Å². The van der Waals surface area contributed by atoms with Crippen LogP contribution in [0.2, 0.25) is 0 Å². The molecule has 25 heavy (non-hydrogen) atoms. The Hall–Kier alpha value is -3.12. The van der Waals surface area contributed by atoms with Crippen LogP contribution in [0.25, 0.3) is 6.08 Å². The van der Waals surface area contributed by atoms with E-state index in [4.69, 9.17) is 0 Å². The van der Waals surface area contributed by atoms with Crippen LogP contribution in [0.4, 0.5) is 5.69 Å². The predicted molar refractivity (Wildman–Crippen MR) is 99.8 cm³/mol. The number of carbonyl (C=O) groups excluding carboxylic acids is 1. The Labute approximate surface area is 148 Å². The molecule has 0 unspecified atom stereocenters. The number of amidine groups is 1. The first-order valence-electron chi connectivity index (χ1n) is 7.47. The van der Waals surface area contributed by atoms with Crippen molar-refractivity contribution in [3.8, 4) is 0 Å². The van der Waals surface area contributed by atoms with Crippen molar-refractivity contribution in [2.75, 3.05) is 0 Å². The molecular weight excluding hydrogens is 336 g/mol. The summed E-state index contributed by atoms with van der Waals surface area (Å²) in [5.74, 6) is -1.31. The van der Waals surface area contributed by atoms with E-state index in [1.165, 1.54) is 17.8 Å². The maximum Gasteiger partial charge on any atom is 0.337 e. The molecule has 0 aliphatic carbocycles. The summed E-state index contributed by atoms with van der Waals surface area (Å²) in [5.41, 5.74) is 1.43. The molecular formula is C19H14N2O3S. The SMILES string of the molecule is O=C1NC(=Nc2ccccc2C(=O)O)SC1=CC=Cc1ccccc1. The number of amides is 1. The van der Waals surface area contributed by atoms with Gasteiger partial charge in [0.25, 0.3) is 5.91 Å². The Morgan fingerprint density at radius 2 is 1.80 bits per heavy atom. The number of nitrogens with one attached hydrogen (secondary N) is 1. The Morgan fingerprint density at radius 1 is 1.08 bits per heavy atom. The minimum atomic E-state index is -1.06. The Morgan fingerprint density at radius 3 is 2.56 bits per heavy atom. The second-order valence-corrected chi connectivity index (χ2v) is 6.13. The second kappa shape index (κ2) is 7.63. The third-order valence-corrected chi connectivity index (χ3v) is 4.27. The molecule has 0 atom stereocenters. The van der Waals surface area contributed by atoms with E-state index in [9.17, 15) is 14.7 Å². The number of para-hydroxylation sites is 1. The zero-order valence-electron chi connectivity index (χ0n) is 13.0. The van der Waals surface area contributed by atoms with Crippen LogP contribution in [0.1, 0.15) is 15.9 Å². The number of aromatic carboxylic acids is 1. The van der Waals surface area contributed by atoms with Crippen LogP contribution in [0.3, 0.4) is 0 Å². The number of allylic oxidation sites excluding steroid dienone is 2. The lowest BCUT2D eigenvalue weighted by molar-refractivity contribution is -0.115. The summed E-state index contributed by atoms with van der Waals surface area (Å²) in [6.45, 7) is 0. The van der Waals surface area contributed by atoms with E-state index in [-0.39, 0.29) is 11.5 Å². The normalized spacial score (nSPS) is 17.4. The molecule has 5 nitrogen and oxygen atoms in total. The van der Waals surface area contributed by atoms with Gasteiger partial charge >= 0.3 is 5.97 Å². The molecule has 1 fully saturated rings. The smallest absolute Gasteiger partial charge is 0.337 e. The topological polar surface area (TPSA) is 78.8 Å². The number of hydrogen-bond acceptors (Lipinski definition) is 4. The summed E-state index contributed by atoms with van der Waals surface area (Å²) in [5, 5.41) is 12.2. The van der Waals surface area contributed by atoms with Crippen molar-refractivity contribution in [2.45, 2.75) is 0 Å². The lowest BCUT2D eigenvalue weighted by Crippen LogP contribution is -2.19. The van der Waals surface area contributed by atoms with Gasteiger partial charge in [0.1, 0.15) is 0 Å². The van der Waals surface area contributed by atoms with Crippen LogP contribution in [0, 0.1) is 0 Å². The standard InChI is InChI=1S/C19H14N2O3S/c22-17-16(12-6-9-13-7-2-1-3-8-13)25-19(21-17)20-15-11-5-4-10-14(15)18(23)24/h1-12H,(H,23,24)(H,20,21,22). The highest BCUT2D eigenvalue weighted by Crippen LogP contribution is 2.27. The van der Waals surface area contributed by atoms with E-state index in [1.807, 2.05) is 36.4 Å². The zero-order valence-corrected chi connectivity index (χ0v) is 13.9. The van der Waals surface area contributed by atoms with E-state index in [2.05, 4.69) is 10.3 Å². The maximum atomic E-state index is 12.0. The van der Waals surface area contributed by atoms with Crippen LogP contribution in [0.5, 0.6) is 0 Å². The first-order chi connectivity index (χ1) is 12.1. The highest BCUT2D eigenvalue weighted by atomic mass is 32.2. The van der Waals surface area contributed by atoms with Crippen LogP contribution < -0.4 is 5.32 Å². The number of thioether (sulfide) groups is 1. The molecule has 2 N–H and O–H groups in total. The first kappa shape index (κ1) is 16.7. The molecule has 1 aliphatic heterocycles. The largest absolute Gasteiger partial charge is 0.478 e. The van der Waals surface area contributed by atoms with Gasteiger partial charge in [-0.15, -0.1) is 0 Å². The molecule has 0 saturated carbocycles. The van der Waals surface area contributed by atoms with E-state index in [0.717, 1.165) is 5.56 Å². The van der Waals surface area contributed by atoms with Crippen LogP contribution in [-0.4, -0.2) is 22.2 Å². The highest BCUT2D eigenvalue weighted by molar-refractivity contribution is 8.18. The van der Waals surface area contributed by atoms with Crippen molar-refractivity contribution in [1.29, 1.82) is 0 Å². The first-order valence-corrected chi connectivity index (χ1v) is 8.29. The van der Waals surface area contributed by atoms with Gasteiger partial charge in [-0.3, -0.25) is 4.79 Å². The zero-order chi connectivity index (χ0) is 17.6. The lowest BCUT2D eigenvalue weighted by Gasteiger charge is -2.00. The van der Waals surface area contributed by atoms with E-state index in [1.54, 1.807) is 30.4 Å². The fourth-order valence-corrected chi connectivity index (χ4v) is 2.95. The Balaban J connectivity index is 1.78. The van der Waals surface area contributed by atoms with Crippen LogP contribution in [0.15, 0.2) is 76.6 Å². The van der Waals surface area contributed by atoms with E-state index in [0.29, 0.717) is 15.8 Å². The van der Waals surface area contributed by atoms with Crippen molar-refractivity contribution in [1.82, 2.24) is 5.32 Å². The molecule has 124 valence electrons. The summed E-state index contributed by atoms with van der Waals surface area (Å²) in [7, 11) is 0.